The van der Waals surface area contributed by atoms with Crippen molar-refractivity contribution in [2.75, 3.05) is 18.4 Å². The van der Waals surface area contributed by atoms with Crippen molar-refractivity contribution in [1.82, 2.24) is 4.90 Å². The van der Waals surface area contributed by atoms with E-state index in [2.05, 4.69) is 5.32 Å². The highest BCUT2D eigenvalue weighted by atomic mass is 16.2. The minimum absolute atomic E-state index is 0.0402. The Morgan fingerprint density at radius 1 is 1.45 bits per heavy atom. The fraction of sp³-hybridized carbons (Fsp3) is 0.429. The largest absolute Gasteiger partial charge is 0.351 e. The van der Waals surface area contributed by atoms with Crippen LogP contribution in [0.1, 0.15) is 23.7 Å². The Bertz CT molecular complexity index is 518. The topological polar surface area (TPSA) is 101 Å². The predicted molar refractivity (Wildman–Crippen MR) is 77.3 cm³/mol. The standard InChI is InChI=1S/C14H20N4O2/c1-9-5-10(7-15)8-18(9)13(19)11-3-2-4-12(6-11)17-14(16)20/h2-4,6,9-10H,5,7-8,15H2,1H3,(H3,16,17,20). The molecule has 1 aliphatic heterocycles. The Morgan fingerprint density at radius 2 is 2.20 bits per heavy atom. The van der Waals surface area contributed by atoms with E-state index in [0.717, 1.165) is 6.42 Å². The van der Waals surface area contributed by atoms with Crippen LogP contribution in [0.2, 0.25) is 0 Å². The molecule has 1 saturated heterocycles. The summed E-state index contributed by atoms with van der Waals surface area (Å²) in [6, 6.07) is 6.32. The fourth-order valence-electron chi connectivity index (χ4n) is 2.63. The van der Waals surface area contributed by atoms with Crippen molar-refractivity contribution in [3.8, 4) is 0 Å². The van der Waals surface area contributed by atoms with Gasteiger partial charge in [-0.3, -0.25) is 4.79 Å². The zero-order chi connectivity index (χ0) is 14.7. The molecule has 2 unspecified atom stereocenters. The lowest BCUT2D eigenvalue weighted by atomic mass is 10.1. The first-order valence-corrected chi connectivity index (χ1v) is 6.68. The van der Waals surface area contributed by atoms with E-state index in [-0.39, 0.29) is 11.9 Å². The number of likely N-dealkylation sites (tertiary alicyclic amines) is 1. The van der Waals surface area contributed by atoms with Gasteiger partial charge in [0.2, 0.25) is 0 Å². The maximum absolute atomic E-state index is 12.5. The van der Waals surface area contributed by atoms with Crippen LogP contribution in [-0.2, 0) is 0 Å². The van der Waals surface area contributed by atoms with Gasteiger partial charge in [0.1, 0.15) is 0 Å². The number of benzene rings is 1. The number of amides is 3. The normalized spacial score (nSPS) is 21.8. The summed E-state index contributed by atoms with van der Waals surface area (Å²) in [6.07, 6.45) is 0.932. The molecule has 0 spiro atoms. The molecular formula is C14H20N4O2. The molecule has 20 heavy (non-hydrogen) atoms. The van der Waals surface area contributed by atoms with Gasteiger partial charge in [-0.2, -0.15) is 0 Å². The molecule has 1 heterocycles. The Balaban J connectivity index is 2.15. The van der Waals surface area contributed by atoms with Crippen molar-refractivity contribution in [3.05, 3.63) is 29.8 Å². The second-order valence-corrected chi connectivity index (χ2v) is 5.21. The summed E-state index contributed by atoms with van der Waals surface area (Å²) < 4.78 is 0. The molecule has 0 saturated carbocycles. The third-order valence-corrected chi connectivity index (χ3v) is 3.63. The van der Waals surface area contributed by atoms with Crippen molar-refractivity contribution in [2.24, 2.45) is 17.4 Å². The van der Waals surface area contributed by atoms with Crippen LogP contribution in [0.25, 0.3) is 0 Å². The van der Waals surface area contributed by atoms with Gasteiger partial charge < -0.3 is 21.7 Å². The zero-order valence-corrected chi connectivity index (χ0v) is 11.5. The second kappa shape index (κ2) is 5.92. The number of rotatable bonds is 3. The number of hydrogen-bond donors (Lipinski definition) is 3. The molecule has 1 aromatic rings. The fourth-order valence-corrected chi connectivity index (χ4v) is 2.63. The molecular weight excluding hydrogens is 256 g/mol. The van der Waals surface area contributed by atoms with Crippen LogP contribution in [0.5, 0.6) is 0 Å². The molecule has 5 N–H and O–H groups in total. The number of nitrogens with zero attached hydrogens (tertiary/aromatic N) is 1. The smallest absolute Gasteiger partial charge is 0.316 e. The molecule has 6 heteroatoms. The van der Waals surface area contributed by atoms with Crippen molar-refractivity contribution in [1.29, 1.82) is 0 Å². The van der Waals surface area contributed by atoms with Crippen molar-refractivity contribution in [2.45, 2.75) is 19.4 Å². The Labute approximate surface area is 118 Å². The molecule has 2 atom stereocenters. The van der Waals surface area contributed by atoms with E-state index in [4.69, 9.17) is 11.5 Å². The summed E-state index contributed by atoms with van der Waals surface area (Å²) >= 11 is 0. The number of primary amides is 1. The average Bonchev–Trinajstić information content (AvgIpc) is 2.79. The van der Waals surface area contributed by atoms with Crippen molar-refractivity contribution >= 4 is 17.6 Å². The van der Waals surface area contributed by atoms with Crippen LogP contribution in [0.4, 0.5) is 10.5 Å². The second-order valence-electron chi connectivity index (χ2n) is 5.21. The number of nitrogens with one attached hydrogen (secondary N) is 1. The molecule has 108 valence electrons. The highest BCUT2D eigenvalue weighted by Gasteiger charge is 2.32. The van der Waals surface area contributed by atoms with Crippen LogP contribution < -0.4 is 16.8 Å². The van der Waals surface area contributed by atoms with E-state index in [0.29, 0.717) is 30.3 Å². The third-order valence-electron chi connectivity index (χ3n) is 3.63. The lowest BCUT2D eigenvalue weighted by Crippen LogP contribution is -2.34. The van der Waals surface area contributed by atoms with E-state index in [1.165, 1.54) is 0 Å². The molecule has 0 aromatic heterocycles. The molecule has 2 rings (SSSR count). The first-order chi connectivity index (χ1) is 9.51. The summed E-state index contributed by atoms with van der Waals surface area (Å²) in [7, 11) is 0. The van der Waals surface area contributed by atoms with Gasteiger partial charge in [0.05, 0.1) is 0 Å². The predicted octanol–water partition coefficient (Wildman–Crippen LogP) is 0.986. The van der Waals surface area contributed by atoms with Gasteiger partial charge in [-0.05, 0) is 44.0 Å². The molecule has 3 amide bonds. The Hall–Kier alpha value is -2.08. The van der Waals surface area contributed by atoms with Crippen LogP contribution in [0.3, 0.4) is 0 Å². The molecule has 6 nitrogen and oxygen atoms in total. The number of hydrogen-bond acceptors (Lipinski definition) is 3. The number of nitrogens with two attached hydrogens (primary N) is 2. The molecule has 1 fully saturated rings. The number of urea groups is 1. The van der Waals surface area contributed by atoms with E-state index in [1.54, 1.807) is 24.3 Å². The summed E-state index contributed by atoms with van der Waals surface area (Å²) in [4.78, 5) is 25.2. The van der Waals surface area contributed by atoms with Gasteiger partial charge >= 0.3 is 6.03 Å². The number of carbonyl (C=O) groups is 2. The third kappa shape index (κ3) is 3.08. The van der Waals surface area contributed by atoms with Crippen LogP contribution >= 0.6 is 0 Å². The van der Waals surface area contributed by atoms with Gasteiger partial charge in [0.25, 0.3) is 5.91 Å². The van der Waals surface area contributed by atoms with Gasteiger partial charge in [-0.25, -0.2) is 4.79 Å². The summed E-state index contributed by atoms with van der Waals surface area (Å²) in [6.45, 7) is 3.31. The van der Waals surface area contributed by atoms with Gasteiger partial charge in [-0.1, -0.05) is 6.07 Å². The molecule has 0 bridgehead atoms. The van der Waals surface area contributed by atoms with Crippen molar-refractivity contribution in [3.63, 3.8) is 0 Å². The summed E-state index contributed by atoms with van der Waals surface area (Å²) in [5, 5.41) is 2.47. The summed E-state index contributed by atoms with van der Waals surface area (Å²) in [5.41, 5.74) is 11.8. The Morgan fingerprint density at radius 3 is 2.80 bits per heavy atom. The van der Waals surface area contributed by atoms with Gasteiger partial charge in [0.15, 0.2) is 0 Å². The minimum Gasteiger partial charge on any atom is -0.351 e. The van der Waals surface area contributed by atoms with E-state index >= 15 is 0 Å². The molecule has 1 aromatic carbocycles. The quantitative estimate of drug-likeness (QED) is 0.767. The number of anilines is 1. The highest BCUT2D eigenvalue weighted by Crippen LogP contribution is 2.24. The lowest BCUT2D eigenvalue weighted by molar-refractivity contribution is 0.0743. The monoisotopic (exact) mass is 276 g/mol. The van der Waals surface area contributed by atoms with Crippen molar-refractivity contribution < 1.29 is 9.59 Å². The first kappa shape index (κ1) is 14.3. The van der Waals surface area contributed by atoms with Crippen LogP contribution in [0, 0.1) is 5.92 Å². The van der Waals surface area contributed by atoms with E-state index < -0.39 is 6.03 Å². The number of carbonyl (C=O) groups excluding carboxylic acids is 2. The highest BCUT2D eigenvalue weighted by molar-refractivity contribution is 5.97. The van der Waals surface area contributed by atoms with Gasteiger partial charge in [-0.15, -0.1) is 0 Å². The SMILES string of the molecule is CC1CC(CN)CN1C(=O)c1cccc(NC(N)=O)c1. The Kier molecular flexibility index (Phi) is 4.24. The minimum atomic E-state index is -0.646. The van der Waals surface area contributed by atoms with Crippen LogP contribution in [0.15, 0.2) is 24.3 Å². The summed E-state index contributed by atoms with van der Waals surface area (Å²) in [5.74, 6) is 0.322. The molecule has 0 radical (unpaired) electrons. The van der Waals surface area contributed by atoms with E-state index in [9.17, 15) is 9.59 Å². The average molecular weight is 276 g/mol. The maximum atomic E-state index is 12.5. The maximum Gasteiger partial charge on any atom is 0.316 e. The molecule has 0 aliphatic carbocycles. The first-order valence-electron chi connectivity index (χ1n) is 6.68. The molecule has 1 aliphatic rings. The van der Waals surface area contributed by atoms with E-state index in [1.807, 2.05) is 11.8 Å². The van der Waals surface area contributed by atoms with Gasteiger partial charge in [0, 0.05) is 23.8 Å². The zero-order valence-electron chi connectivity index (χ0n) is 11.5. The lowest BCUT2D eigenvalue weighted by Gasteiger charge is -2.21. The van der Waals surface area contributed by atoms with Crippen LogP contribution in [-0.4, -0.2) is 36.0 Å².